The molecule has 0 unspecified atom stereocenters. The van der Waals surface area contributed by atoms with Crippen LogP contribution in [-0.2, 0) is 0 Å². The van der Waals surface area contributed by atoms with Crippen molar-refractivity contribution in [3.05, 3.63) is 53.8 Å². The minimum atomic E-state index is -0.496. The zero-order chi connectivity index (χ0) is 12.3. The molecule has 0 fully saturated rings. The first-order valence-electron chi connectivity index (χ1n) is 5.08. The molecule has 0 atom stereocenters. The van der Waals surface area contributed by atoms with E-state index in [1.165, 1.54) is 12.1 Å². The highest BCUT2D eigenvalue weighted by atomic mass is 19.1. The monoisotopic (exact) mass is 227 g/mol. The third-order valence-corrected chi connectivity index (χ3v) is 2.51. The predicted octanol–water partition coefficient (Wildman–Crippen LogP) is 3.37. The highest BCUT2D eigenvalue weighted by Gasteiger charge is 2.04. The standard InChI is InChI=1S/C14H10FNO/c1-17-13-5-2-10(3-6-13)11-4-7-14(15)12(8-11)9-16/h2-8H,1H3. The van der Waals surface area contributed by atoms with Gasteiger partial charge in [0.1, 0.15) is 17.6 Å². The number of hydrogen-bond acceptors (Lipinski definition) is 2. The molecule has 0 bridgehead atoms. The van der Waals surface area contributed by atoms with Crippen LogP contribution >= 0.6 is 0 Å². The fourth-order valence-corrected chi connectivity index (χ4v) is 1.57. The van der Waals surface area contributed by atoms with Crippen molar-refractivity contribution in [2.75, 3.05) is 7.11 Å². The summed E-state index contributed by atoms with van der Waals surface area (Å²) in [7, 11) is 1.60. The van der Waals surface area contributed by atoms with Gasteiger partial charge in [0.05, 0.1) is 12.7 Å². The first kappa shape index (κ1) is 11.2. The lowest BCUT2D eigenvalue weighted by Gasteiger charge is -2.04. The minimum Gasteiger partial charge on any atom is -0.497 e. The molecule has 0 aliphatic carbocycles. The van der Waals surface area contributed by atoms with E-state index in [0.29, 0.717) is 0 Å². The largest absolute Gasteiger partial charge is 0.497 e. The van der Waals surface area contributed by atoms with Crippen LogP contribution in [0.25, 0.3) is 11.1 Å². The second-order valence-corrected chi connectivity index (χ2v) is 3.53. The molecule has 84 valence electrons. The molecule has 0 aliphatic heterocycles. The molecule has 0 aromatic heterocycles. The number of methoxy groups -OCH3 is 1. The third-order valence-electron chi connectivity index (χ3n) is 2.51. The summed E-state index contributed by atoms with van der Waals surface area (Å²) in [6.07, 6.45) is 0. The first-order valence-corrected chi connectivity index (χ1v) is 5.08. The number of benzene rings is 2. The number of halogens is 1. The zero-order valence-electron chi connectivity index (χ0n) is 9.27. The van der Waals surface area contributed by atoms with E-state index in [1.54, 1.807) is 13.2 Å². The SMILES string of the molecule is COc1ccc(-c2ccc(F)c(C#N)c2)cc1. The van der Waals surface area contributed by atoms with Gasteiger partial charge in [-0.15, -0.1) is 0 Å². The molecule has 0 N–H and O–H groups in total. The molecule has 2 rings (SSSR count). The number of nitrogens with zero attached hydrogens (tertiary/aromatic N) is 1. The number of ether oxygens (including phenoxy) is 1. The summed E-state index contributed by atoms with van der Waals surface area (Å²) in [5.74, 6) is 0.265. The van der Waals surface area contributed by atoms with E-state index < -0.39 is 5.82 Å². The highest BCUT2D eigenvalue weighted by Crippen LogP contribution is 2.24. The van der Waals surface area contributed by atoms with Gasteiger partial charge in [0.15, 0.2) is 0 Å². The van der Waals surface area contributed by atoms with Crippen molar-refractivity contribution in [1.82, 2.24) is 0 Å². The van der Waals surface area contributed by atoms with E-state index in [1.807, 2.05) is 30.3 Å². The Bertz CT molecular complexity index is 570. The van der Waals surface area contributed by atoms with Crippen LogP contribution in [0.4, 0.5) is 4.39 Å². The van der Waals surface area contributed by atoms with Gasteiger partial charge in [-0.2, -0.15) is 5.26 Å². The van der Waals surface area contributed by atoms with Crippen molar-refractivity contribution in [2.45, 2.75) is 0 Å². The van der Waals surface area contributed by atoms with Crippen LogP contribution in [0.3, 0.4) is 0 Å². The van der Waals surface area contributed by atoms with Gasteiger partial charge in [0, 0.05) is 0 Å². The Balaban J connectivity index is 2.43. The Morgan fingerprint density at radius 1 is 1.06 bits per heavy atom. The number of rotatable bonds is 2. The summed E-state index contributed by atoms with van der Waals surface area (Å²) in [5.41, 5.74) is 1.78. The first-order chi connectivity index (χ1) is 8.24. The molecule has 0 spiro atoms. The maximum absolute atomic E-state index is 13.2. The lowest BCUT2D eigenvalue weighted by Crippen LogP contribution is -1.86. The maximum Gasteiger partial charge on any atom is 0.140 e. The number of nitriles is 1. The van der Waals surface area contributed by atoms with Crippen molar-refractivity contribution in [1.29, 1.82) is 5.26 Å². The molecule has 2 aromatic carbocycles. The molecular weight excluding hydrogens is 217 g/mol. The molecule has 3 heteroatoms. The summed E-state index contributed by atoms with van der Waals surface area (Å²) < 4.78 is 18.2. The van der Waals surface area contributed by atoms with Crippen molar-refractivity contribution in [2.24, 2.45) is 0 Å². The van der Waals surface area contributed by atoms with Crippen LogP contribution in [0.5, 0.6) is 5.75 Å². The van der Waals surface area contributed by atoms with E-state index in [-0.39, 0.29) is 5.56 Å². The van der Waals surface area contributed by atoms with Crippen LogP contribution in [0.15, 0.2) is 42.5 Å². The van der Waals surface area contributed by atoms with Crippen molar-refractivity contribution in [3.63, 3.8) is 0 Å². The lowest BCUT2D eigenvalue weighted by atomic mass is 10.0. The van der Waals surface area contributed by atoms with Gasteiger partial charge in [-0.3, -0.25) is 0 Å². The van der Waals surface area contributed by atoms with Crippen LogP contribution in [-0.4, -0.2) is 7.11 Å². The summed E-state index contributed by atoms with van der Waals surface area (Å²) >= 11 is 0. The molecular formula is C14H10FNO. The Morgan fingerprint density at radius 3 is 2.29 bits per heavy atom. The Labute approximate surface area is 98.9 Å². The van der Waals surface area contributed by atoms with Gasteiger partial charge < -0.3 is 4.74 Å². The van der Waals surface area contributed by atoms with Crippen LogP contribution in [0.1, 0.15) is 5.56 Å². The van der Waals surface area contributed by atoms with E-state index in [2.05, 4.69) is 0 Å². The van der Waals surface area contributed by atoms with E-state index >= 15 is 0 Å². The molecule has 2 nitrogen and oxygen atoms in total. The second kappa shape index (κ2) is 4.67. The molecule has 0 heterocycles. The predicted molar refractivity (Wildman–Crippen MR) is 63.1 cm³/mol. The average Bonchev–Trinajstić information content (AvgIpc) is 2.39. The topological polar surface area (TPSA) is 33.0 Å². The third kappa shape index (κ3) is 2.26. The minimum absolute atomic E-state index is 0.0540. The van der Waals surface area contributed by atoms with Gasteiger partial charge in [-0.25, -0.2) is 4.39 Å². The average molecular weight is 227 g/mol. The summed E-state index contributed by atoms with van der Waals surface area (Å²) in [6.45, 7) is 0. The van der Waals surface area contributed by atoms with Crippen molar-refractivity contribution < 1.29 is 9.13 Å². The summed E-state index contributed by atoms with van der Waals surface area (Å²) in [6, 6.07) is 13.7. The molecule has 2 aromatic rings. The van der Waals surface area contributed by atoms with E-state index in [4.69, 9.17) is 10.00 Å². The highest BCUT2D eigenvalue weighted by molar-refractivity contribution is 5.66. The number of hydrogen-bond donors (Lipinski definition) is 0. The molecule has 0 saturated carbocycles. The molecule has 0 radical (unpaired) electrons. The van der Waals surface area contributed by atoms with Crippen LogP contribution in [0, 0.1) is 17.1 Å². The van der Waals surface area contributed by atoms with Gasteiger partial charge in [0.25, 0.3) is 0 Å². The molecule has 17 heavy (non-hydrogen) atoms. The summed E-state index contributed by atoms with van der Waals surface area (Å²) in [5, 5.41) is 8.76. The van der Waals surface area contributed by atoms with Crippen molar-refractivity contribution in [3.8, 4) is 22.9 Å². The Kier molecular flexibility index (Phi) is 3.06. The summed E-state index contributed by atoms with van der Waals surface area (Å²) in [4.78, 5) is 0. The van der Waals surface area contributed by atoms with Gasteiger partial charge >= 0.3 is 0 Å². The lowest BCUT2D eigenvalue weighted by molar-refractivity contribution is 0.415. The fraction of sp³-hybridized carbons (Fsp3) is 0.0714. The van der Waals surface area contributed by atoms with Gasteiger partial charge in [0.2, 0.25) is 0 Å². The van der Waals surface area contributed by atoms with Crippen LogP contribution in [0.2, 0.25) is 0 Å². The fourth-order valence-electron chi connectivity index (χ4n) is 1.57. The van der Waals surface area contributed by atoms with E-state index in [0.717, 1.165) is 16.9 Å². The molecule has 0 amide bonds. The van der Waals surface area contributed by atoms with Crippen molar-refractivity contribution >= 4 is 0 Å². The second-order valence-electron chi connectivity index (χ2n) is 3.53. The maximum atomic E-state index is 13.2. The normalized spacial score (nSPS) is 9.71. The quantitative estimate of drug-likeness (QED) is 0.788. The van der Waals surface area contributed by atoms with Gasteiger partial charge in [-0.05, 0) is 35.4 Å². The van der Waals surface area contributed by atoms with E-state index in [9.17, 15) is 4.39 Å². The van der Waals surface area contributed by atoms with Crippen LogP contribution < -0.4 is 4.74 Å². The Hall–Kier alpha value is -2.34. The molecule has 0 saturated heterocycles. The Morgan fingerprint density at radius 2 is 1.71 bits per heavy atom. The smallest absolute Gasteiger partial charge is 0.140 e. The molecule has 0 aliphatic rings. The zero-order valence-corrected chi connectivity index (χ0v) is 9.27. The van der Waals surface area contributed by atoms with Gasteiger partial charge in [-0.1, -0.05) is 18.2 Å².